The average Bonchev–Trinajstić information content (AvgIpc) is 2.85. The third-order valence-corrected chi connectivity index (χ3v) is 5.14. The number of hydrogen-bond acceptors (Lipinski definition) is 1. The van der Waals surface area contributed by atoms with Gasteiger partial charge in [0.25, 0.3) is 0 Å². The number of halogens is 2. The van der Waals surface area contributed by atoms with E-state index in [2.05, 4.69) is 30.9 Å². The van der Waals surface area contributed by atoms with E-state index in [1.165, 1.54) is 25.1 Å². The summed E-state index contributed by atoms with van der Waals surface area (Å²) in [5.74, 6) is 0.821. The molecule has 0 aromatic heterocycles. The van der Waals surface area contributed by atoms with Gasteiger partial charge >= 0.3 is 0 Å². The molecule has 1 saturated heterocycles. The van der Waals surface area contributed by atoms with Gasteiger partial charge in [0.15, 0.2) is 0 Å². The first-order chi connectivity index (χ1) is 8.03. The summed E-state index contributed by atoms with van der Waals surface area (Å²) < 4.78 is 0. The fourth-order valence-electron chi connectivity index (χ4n) is 3.17. The highest BCUT2D eigenvalue weighted by Crippen LogP contribution is 2.59. The van der Waals surface area contributed by atoms with Crippen LogP contribution in [0.1, 0.15) is 25.8 Å². The summed E-state index contributed by atoms with van der Waals surface area (Å²) in [6, 6.07) is 6.79. The summed E-state index contributed by atoms with van der Waals surface area (Å²) in [6.45, 7) is 6.95. The lowest BCUT2D eigenvalue weighted by molar-refractivity contribution is 0.243. The third-order valence-electron chi connectivity index (χ3n) is 4.40. The minimum Gasteiger partial charge on any atom is -0.300 e. The molecule has 2 unspecified atom stereocenters. The Hall–Kier alpha value is -0.240. The van der Waals surface area contributed by atoms with Crippen molar-refractivity contribution in [2.24, 2.45) is 5.92 Å². The van der Waals surface area contributed by atoms with Crippen LogP contribution in [0.15, 0.2) is 18.2 Å². The van der Waals surface area contributed by atoms with Crippen molar-refractivity contribution in [3.63, 3.8) is 0 Å². The Bertz CT molecular complexity index is 458. The quantitative estimate of drug-likeness (QED) is 0.785. The molecular formula is C14H17Cl2N. The Kier molecular flexibility index (Phi) is 2.70. The molecule has 1 heterocycles. The van der Waals surface area contributed by atoms with E-state index in [9.17, 15) is 0 Å². The van der Waals surface area contributed by atoms with Gasteiger partial charge in [0.1, 0.15) is 0 Å². The van der Waals surface area contributed by atoms with E-state index < -0.39 is 0 Å². The molecule has 2 atom stereocenters. The molecule has 0 spiro atoms. The van der Waals surface area contributed by atoms with Gasteiger partial charge < -0.3 is 0 Å². The number of rotatable bonds is 2. The lowest BCUT2D eigenvalue weighted by Gasteiger charge is -2.24. The molecular weight excluding hydrogens is 253 g/mol. The summed E-state index contributed by atoms with van der Waals surface area (Å²) in [5, 5.41) is 1.34. The predicted molar refractivity (Wildman–Crippen MR) is 73.0 cm³/mol. The van der Waals surface area contributed by atoms with Crippen molar-refractivity contribution < 1.29 is 0 Å². The van der Waals surface area contributed by atoms with Gasteiger partial charge in [-0.05, 0) is 43.9 Å². The second-order valence-electron chi connectivity index (χ2n) is 5.71. The fourth-order valence-corrected chi connectivity index (χ4v) is 3.47. The Morgan fingerprint density at radius 2 is 2.06 bits per heavy atom. The zero-order valence-corrected chi connectivity index (χ0v) is 11.7. The van der Waals surface area contributed by atoms with E-state index in [4.69, 9.17) is 23.2 Å². The van der Waals surface area contributed by atoms with Gasteiger partial charge in [0.05, 0.1) is 10.0 Å². The van der Waals surface area contributed by atoms with Crippen molar-refractivity contribution in [2.75, 3.05) is 13.1 Å². The van der Waals surface area contributed by atoms with Crippen molar-refractivity contribution in [2.45, 2.75) is 31.7 Å². The van der Waals surface area contributed by atoms with E-state index in [1.807, 2.05) is 6.07 Å². The van der Waals surface area contributed by atoms with Gasteiger partial charge in [0.2, 0.25) is 0 Å². The molecule has 2 fully saturated rings. The Morgan fingerprint density at radius 1 is 1.29 bits per heavy atom. The van der Waals surface area contributed by atoms with Crippen LogP contribution < -0.4 is 0 Å². The van der Waals surface area contributed by atoms with Crippen molar-refractivity contribution in [3.8, 4) is 0 Å². The van der Waals surface area contributed by atoms with E-state index >= 15 is 0 Å². The first-order valence-electron chi connectivity index (χ1n) is 6.22. The zero-order valence-electron chi connectivity index (χ0n) is 10.2. The molecule has 3 rings (SSSR count). The number of fused-ring (bicyclic) bond motifs is 1. The topological polar surface area (TPSA) is 3.24 Å². The van der Waals surface area contributed by atoms with Crippen LogP contribution in [-0.4, -0.2) is 24.0 Å². The van der Waals surface area contributed by atoms with Crippen molar-refractivity contribution in [1.82, 2.24) is 4.90 Å². The molecule has 0 bridgehead atoms. The van der Waals surface area contributed by atoms with E-state index in [0.717, 1.165) is 5.92 Å². The summed E-state index contributed by atoms with van der Waals surface area (Å²) in [7, 11) is 0. The van der Waals surface area contributed by atoms with E-state index in [-0.39, 0.29) is 0 Å². The first-order valence-corrected chi connectivity index (χ1v) is 6.98. The Balaban J connectivity index is 1.88. The fraction of sp³-hybridized carbons (Fsp3) is 0.571. The van der Waals surface area contributed by atoms with Gasteiger partial charge in [0, 0.05) is 24.5 Å². The maximum Gasteiger partial charge on any atom is 0.0595 e. The molecule has 3 heteroatoms. The summed E-state index contributed by atoms with van der Waals surface area (Å²) >= 11 is 12.1. The second kappa shape index (κ2) is 3.88. The maximum atomic E-state index is 6.13. The predicted octanol–water partition coefficient (Wildman–Crippen LogP) is 3.98. The first kappa shape index (κ1) is 11.8. The van der Waals surface area contributed by atoms with Gasteiger partial charge in [-0.25, -0.2) is 0 Å². The summed E-state index contributed by atoms with van der Waals surface area (Å²) in [4.78, 5) is 2.57. The second-order valence-corrected chi connectivity index (χ2v) is 6.52. The molecule has 17 heavy (non-hydrogen) atoms. The van der Waals surface area contributed by atoms with Crippen LogP contribution in [0.25, 0.3) is 0 Å². The largest absolute Gasteiger partial charge is 0.300 e. The zero-order chi connectivity index (χ0) is 12.2. The maximum absolute atomic E-state index is 6.13. The average molecular weight is 270 g/mol. The monoisotopic (exact) mass is 269 g/mol. The van der Waals surface area contributed by atoms with Crippen LogP contribution in [0.4, 0.5) is 0 Å². The molecule has 2 aliphatic rings. The van der Waals surface area contributed by atoms with Crippen LogP contribution >= 0.6 is 23.2 Å². The molecule has 1 aliphatic heterocycles. The lowest BCUT2D eigenvalue weighted by Crippen LogP contribution is -2.32. The van der Waals surface area contributed by atoms with Crippen LogP contribution in [-0.2, 0) is 5.41 Å². The summed E-state index contributed by atoms with van der Waals surface area (Å²) in [6.07, 6.45) is 1.31. The minimum atomic E-state index is 0.374. The molecule has 1 nitrogen and oxygen atoms in total. The molecule has 0 radical (unpaired) electrons. The molecule has 1 aliphatic carbocycles. The highest BCUT2D eigenvalue weighted by molar-refractivity contribution is 6.42. The van der Waals surface area contributed by atoms with E-state index in [1.54, 1.807) is 0 Å². The minimum absolute atomic E-state index is 0.374. The Labute approximate surface area is 113 Å². The highest BCUT2D eigenvalue weighted by Gasteiger charge is 2.60. The number of nitrogens with zero attached hydrogens (tertiary/aromatic N) is 1. The molecule has 0 amide bonds. The van der Waals surface area contributed by atoms with Crippen molar-refractivity contribution >= 4 is 23.2 Å². The van der Waals surface area contributed by atoms with Crippen molar-refractivity contribution in [3.05, 3.63) is 33.8 Å². The van der Waals surface area contributed by atoms with E-state index in [0.29, 0.717) is 21.5 Å². The lowest BCUT2D eigenvalue weighted by atomic mass is 9.95. The number of piperidine rings is 1. The standard InChI is InChI=1S/C14H17Cl2N/c1-9(2)17-7-11-6-14(11,8-17)10-3-4-12(15)13(16)5-10/h3-5,9,11H,6-8H2,1-2H3. The van der Waals surface area contributed by atoms with Crippen molar-refractivity contribution in [1.29, 1.82) is 0 Å². The van der Waals surface area contributed by atoms with Gasteiger partial charge in [-0.3, -0.25) is 4.90 Å². The van der Waals surface area contributed by atoms with Crippen LogP contribution in [0.5, 0.6) is 0 Å². The molecule has 1 saturated carbocycles. The van der Waals surface area contributed by atoms with Gasteiger partial charge in [-0.15, -0.1) is 0 Å². The van der Waals surface area contributed by atoms with Gasteiger partial charge in [-0.2, -0.15) is 0 Å². The van der Waals surface area contributed by atoms with Crippen LogP contribution in [0.3, 0.4) is 0 Å². The van der Waals surface area contributed by atoms with Crippen LogP contribution in [0.2, 0.25) is 10.0 Å². The SMILES string of the molecule is CC(C)N1CC2CC2(c2ccc(Cl)c(Cl)c2)C1. The normalized spacial score (nSPS) is 31.9. The number of likely N-dealkylation sites (tertiary alicyclic amines) is 1. The number of hydrogen-bond donors (Lipinski definition) is 0. The molecule has 1 aromatic rings. The number of benzene rings is 1. The summed E-state index contributed by atoms with van der Waals surface area (Å²) in [5.41, 5.74) is 1.75. The highest BCUT2D eigenvalue weighted by atomic mass is 35.5. The molecule has 0 N–H and O–H groups in total. The third kappa shape index (κ3) is 1.80. The van der Waals surface area contributed by atoms with Gasteiger partial charge in [-0.1, -0.05) is 29.3 Å². The molecule has 92 valence electrons. The smallest absolute Gasteiger partial charge is 0.0595 e. The van der Waals surface area contributed by atoms with Crippen LogP contribution in [0, 0.1) is 5.92 Å². The Morgan fingerprint density at radius 3 is 2.65 bits per heavy atom. The molecule has 1 aromatic carbocycles.